The van der Waals surface area contributed by atoms with Crippen molar-refractivity contribution in [3.05, 3.63) is 28.8 Å². The topological polar surface area (TPSA) is 46.5 Å². The van der Waals surface area contributed by atoms with E-state index in [-0.39, 0.29) is 13.0 Å². The lowest BCUT2D eigenvalue weighted by atomic mass is 10.1. The molecule has 0 aromatic heterocycles. The summed E-state index contributed by atoms with van der Waals surface area (Å²) >= 11 is 0. The van der Waals surface area contributed by atoms with Gasteiger partial charge in [-0.2, -0.15) is 0 Å². The quantitative estimate of drug-likeness (QED) is 0.826. The Kier molecular flexibility index (Phi) is 3.72. The van der Waals surface area contributed by atoms with Crippen molar-refractivity contribution in [1.29, 1.82) is 0 Å². The van der Waals surface area contributed by atoms with Gasteiger partial charge in [-0.25, -0.2) is 0 Å². The van der Waals surface area contributed by atoms with E-state index in [2.05, 4.69) is 0 Å². The number of carbonyl (C=O) groups is 1. The van der Waals surface area contributed by atoms with Crippen molar-refractivity contribution < 1.29 is 14.6 Å². The van der Waals surface area contributed by atoms with Crippen molar-refractivity contribution in [2.24, 2.45) is 0 Å². The van der Waals surface area contributed by atoms with Crippen molar-refractivity contribution >= 4 is 5.97 Å². The molecule has 0 fully saturated rings. The number of aliphatic carboxylic acids is 1. The fourth-order valence-electron chi connectivity index (χ4n) is 1.34. The number of hydrogen-bond donors (Lipinski definition) is 1. The first-order valence-electron chi connectivity index (χ1n) is 4.93. The second-order valence-corrected chi connectivity index (χ2v) is 3.69. The number of carboxylic acid groups (broad SMARTS) is 1. The standard InChI is InChI=1S/C12H16O3/c1-8-6-10(3)11(7-9(8)2)15-5-4-12(13)14/h6-7H,4-5H2,1-3H3,(H,13,14). The number of ether oxygens (including phenoxy) is 1. The molecule has 0 amide bonds. The molecule has 15 heavy (non-hydrogen) atoms. The van der Waals surface area contributed by atoms with Gasteiger partial charge in [0, 0.05) is 0 Å². The SMILES string of the molecule is Cc1cc(C)c(OCCC(=O)O)cc1C. The Morgan fingerprint density at radius 1 is 1.20 bits per heavy atom. The van der Waals surface area contributed by atoms with E-state index in [1.165, 1.54) is 5.56 Å². The molecule has 0 radical (unpaired) electrons. The first-order valence-corrected chi connectivity index (χ1v) is 4.93. The number of rotatable bonds is 4. The molecule has 0 aliphatic carbocycles. The Labute approximate surface area is 89.7 Å². The maximum absolute atomic E-state index is 10.3. The average molecular weight is 208 g/mol. The largest absolute Gasteiger partial charge is 0.493 e. The molecular weight excluding hydrogens is 192 g/mol. The second-order valence-electron chi connectivity index (χ2n) is 3.69. The van der Waals surface area contributed by atoms with Crippen LogP contribution >= 0.6 is 0 Å². The minimum atomic E-state index is -0.837. The van der Waals surface area contributed by atoms with E-state index >= 15 is 0 Å². The maximum atomic E-state index is 10.3. The van der Waals surface area contributed by atoms with Crippen LogP contribution < -0.4 is 4.74 Å². The predicted molar refractivity (Wildman–Crippen MR) is 58.4 cm³/mol. The summed E-state index contributed by atoms with van der Waals surface area (Å²) in [6.45, 7) is 6.24. The summed E-state index contributed by atoms with van der Waals surface area (Å²) in [4.78, 5) is 10.3. The van der Waals surface area contributed by atoms with Crippen molar-refractivity contribution in [3.63, 3.8) is 0 Å². The van der Waals surface area contributed by atoms with Crippen molar-refractivity contribution in [2.45, 2.75) is 27.2 Å². The highest BCUT2D eigenvalue weighted by atomic mass is 16.5. The van der Waals surface area contributed by atoms with Crippen LogP contribution in [0.4, 0.5) is 0 Å². The molecule has 0 saturated heterocycles. The van der Waals surface area contributed by atoms with Crippen LogP contribution in [0.3, 0.4) is 0 Å². The fraction of sp³-hybridized carbons (Fsp3) is 0.417. The Bertz CT molecular complexity index is 369. The Balaban J connectivity index is 2.69. The molecule has 0 spiro atoms. The molecule has 82 valence electrons. The Morgan fingerprint density at radius 2 is 1.80 bits per heavy atom. The number of aryl methyl sites for hydroxylation is 3. The minimum Gasteiger partial charge on any atom is -0.493 e. The molecule has 0 heterocycles. The van der Waals surface area contributed by atoms with E-state index in [0.717, 1.165) is 16.9 Å². The van der Waals surface area contributed by atoms with Crippen LogP contribution in [-0.4, -0.2) is 17.7 Å². The lowest BCUT2D eigenvalue weighted by molar-refractivity contribution is -0.137. The molecule has 0 aliphatic heterocycles. The van der Waals surface area contributed by atoms with Gasteiger partial charge in [0.25, 0.3) is 0 Å². The molecule has 3 nitrogen and oxygen atoms in total. The third-order valence-electron chi connectivity index (χ3n) is 2.36. The van der Waals surface area contributed by atoms with Crippen molar-refractivity contribution in [2.75, 3.05) is 6.61 Å². The van der Waals surface area contributed by atoms with Crippen LogP contribution in [0.5, 0.6) is 5.75 Å². The number of benzene rings is 1. The molecule has 1 N–H and O–H groups in total. The van der Waals surface area contributed by atoms with Crippen LogP contribution in [0.1, 0.15) is 23.1 Å². The smallest absolute Gasteiger partial charge is 0.306 e. The van der Waals surface area contributed by atoms with Gasteiger partial charge in [-0.05, 0) is 43.5 Å². The van der Waals surface area contributed by atoms with Gasteiger partial charge in [0.1, 0.15) is 5.75 Å². The molecule has 1 aromatic rings. The van der Waals surface area contributed by atoms with Crippen LogP contribution in [0.2, 0.25) is 0 Å². The van der Waals surface area contributed by atoms with Crippen LogP contribution in [0.25, 0.3) is 0 Å². The molecule has 3 heteroatoms. The summed E-state index contributed by atoms with van der Waals surface area (Å²) < 4.78 is 5.40. The lowest BCUT2D eigenvalue weighted by Crippen LogP contribution is -2.05. The molecule has 0 bridgehead atoms. The van der Waals surface area contributed by atoms with Crippen molar-refractivity contribution in [3.8, 4) is 5.75 Å². The van der Waals surface area contributed by atoms with E-state index in [9.17, 15) is 4.79 Å². The molecular formula is C12H16O3. The highest BCUT2D eigenvalue weighted by Gasteiger charge is 2.04. The lowest BCUT2D eigenvalue weighted by Gasteiger charge is -2.10. The average Bonchev–Trinajstić information content (AvgIpc) is 2.13. The molecule has 0 unspecified atom stereocenters. The van der Waals surface area contributed by atoms with Crippen LogP contribution in [0.15, 0.2) is 12.1 Å². The zero-order valence-electron chi connectivity index (χ0n) is 9.33. The van der Waals surface area contributed by atoms with E-state index in [0.29, 0.717) is 0 Å². The van der Waals surface area contributed by atoms with E-state index in [4.69, 9.17) is 9.84 Å². The number of hydrogen-bond acceptors (Lipinski definition) is 2. The molecule has 1 rings (SSSR count). The highest BCUT2D eigenvalue weighted by molar-refractivity contribution is 5.66. The molecule has 0 atom stereocenters. The predicted octanol–water partition coefficient (Wildman–Crippen LogP) is 2.47. The Morgan fingerprint density at radius 3 is 2.40 bits per heavy atom. The first kappa shape index (κ1) is 11.6. The first-order chi connectivity index (χ1) is 7.00. The maximum Gasteiger partial charge on any atom is 0.306 e. The van der Waals surface area contributed by atoms with E-state index < -0.39 is 5.97 Å². The van der Waals surface area contributed by atoms with Gasteiger partial charge in [0.05, 0.1) is 13.0 Å². The van der Waals surface area contributed by atoms with Crippen LogP contribution in [-0.2, 0) is 4.79 Å². The summed E-state index contributed by atoms with van der Waals surface area (Å²) in [5.74, 6) is -0.0594. The molecule has 0 saturated carbocycles. The molecule has 0 aliphatic rings. The van der Waals surface area contributed by atoms with E-state index in [1.807, 2.05) is 32.9 Å². The number of carboxylic acids is 1. The second kappa shape index (κ2) is 4.82. The highest BCUT2D eigenvalue weighted by Crippen LogP contribution is 2.22. The summed E-state index contributed by atoms with van der Waals surface area (Å²) in [5.41, 5.74) is 3.42. The van der Waals surface area contributed by atoms with Gasteiger partial charge >= 0.3 is 5.97 Å². The summed E-state index contributed by atoms with van der Waals surface area (Å²) in [6, 6.07) is 4.00. The van der Waals surface area contributed by atoms with Crippen LogP contribution in [0, 0.1) is 20.8 Å². The summed E-state index contributed by atoms with van der Waals surface area (Å²) in [6.07, 6.45) is 0.0341. The molecule has 1 aromatic carbocycles. The van der Waals surface area contributed by atoms with Crippen molar-refractivity contribution in [1.82, 2.24) is 0 Å². The van der Waals surface area contributed by atoms with Gasteiger partial charge < -0.3 is 9.84 Å². The van der Waals surface area contributed by atoms with Gasteiger partial charge in [-0.1, -0.05) is 6.07 Å². The minimum absolute atomic E-state index is 0.0341. The monoisotopic (exact) mass is 208 g/mol. The normalized spacial score (nSPS) is 10.1. The third-order valence-corrected chi connectivity index (χ3v) is 2.36. The fourth-order valence-corrected chi connectivity index (χ4v) is 1.34. The third kappa shape index (κ3) is 3.27. The zero-order valence-corrected chi connectivity index (χ0v) is 9.33. The van der Waals surface area contributed by atoms with Gasteiger partial charge in [0.2, 0.25) is 0 Å². The van der Waals surface area contributed by atoms with Gasteiger partial charge in [-0.15, -0.1) is 0 Å². The summed E-state index contributed by atoms with van der Waals surface area (Å²) in [5, 5.41) is 8.48. The van der Waals surface area contributed by atoms with E-state index in [1.54, 1.807) is 0 Å². The van der Waals surface area contributed by atoms with Gasteiger partial charge in [0.15, 0.2) is 0 Å². The zero-order chi connectivity index (χ0) is 11.4. The Hall–Kier alpha value is -1.51. The van der Waals surface area contributed by atoms with Gasteiger partial charge in [-0.3, -0.25) is 4.79 Å². The summed E-state index contributed by atoms with van der Waals surface area (Å²) in [7, 11) is 0.